The molecule has 0 saturated heterocycles. The van der Waals surface area contributed by atoms with Crippen LogP contribution in [0.5, 0.6) is 0 Å². The minimum atomic E-state index is 0.338. The zero-order valence-corrected chi connectivity index (χ0v) is 24.2. The lowest BCUT2D eigenvalue weighted by molar-refractivity contribution is 0.804. The van der Waals surface area contributed by atoms with Gasteiger partial charge < -0.3 is 0 Å². The largest absolute Gasteiger partial charge is 0.299 e. The summed E-state index contributed by atoms with van der Waals surface area (Å²) in [6.45, 7) is 19.7. The summed E-state index contributed by atoms with van der Waals surface area (Å²) < 4.78 is 4.66. The molecule has 194 valence electrons. The van der Waals surface area contributed by atoms with E-state index in [4.69, 9.17) is 4.98 Å². The average Bonchev–Trinajstić information content (AvgIpc) is 3.52. The zero-order chi connectivity index (χ0) is 27.1. The fraction of sp³-hybridized carbons (Fsp3) is 0.303. The van der Waals surface area contributed by atoms with Crippen LogP contribution in [0, 0.1) is 0 Å². The lowest BCUT2D eigenvalue weighted by atomic mass is 9.87. The van der Waals surface area contributed by atoms with Gasteiger partial charge in [0.25, 0.3) is 0 Å². The van der Waals surface area contributed by atoms with Crippen molar-refractivity contribution in [3.8, 4) is 17.1 Å². The maximum atomic E-state index is 4.97. The standard InChI is InChI=1S/C33H36N4S/c1-9-22(10-2)23-13-25(20(5)6)32(26(14-23)21(7)8)37-12-11-35-33(37)27-15-28-29(16-24(27)19(3)4)38-30-17-34-18-36-31(28)30/h9-21H,1H2,2-8H3/b22-10+. The van der Waals surface area contributed by atoms with Crippen LogP contribution >= 0.6 is 11.3 Å². The van der Waals surface area contributed by atoms with Crippen molar-refractivity contribution in [3.05, 3.63) is 90.2 Å². The zero-order valence-electron chi connectivity index (χ0n) is 23.4. The summed E-state index contributed by atoms with van der Waals surface area (Å²) in [7, 11) is 0. The van der Waals surface area contributed by atoms with Gasteiger partial charge in [-0.05, 0) is 76.8 Å². The smallest absolute Gasteiger partial charge is 0.144 e. The molecule has 0 radical (unpaired) electrons. The van der Waals surface area contributed by atoms with Crippen molar-refractivity contribution in [2.24, 2.45) is 0 Å². The van der Waals surface area contributed by atoms with Gasteiger partial charge in [0, 0.05) is 34.2 Å². The average molecular weight is 521 g/mol. The first-order valence-electron chi connectivity index (χ1n) is 13.4. The Morgan fingerprint density at radius 3 is 2.18 bits per heavy atom. The molecule has 0 spiro atoms. The minimum absolute atomic E-state index is 0.338. The van der Waals surface area contributed by atoms with Crippen molar-refractivity contribution in [3.63, 3.8) is 0 Å². The van der Waals surface area contributed by atoms with Crippen LogP contribution in [-0.2, 0) is 0 Å². The first kappa shape index (κ1) is 26.1. The molecule has 0 bridgehead atoms. The minimum Gasteiger partial charge on any atom is -0.299 e. The van der Waals surface area contributed by atoms with Gasteiger partial charge in [0.15, 0.2) is 0 Å². The monoisotopic (exact) mass is 520 g/mol. The van der Waals surface area contributed by atoms with Crippen molar-refractivity contribution < 1.29 is 0 Å². The van der Waals surface area contributed by atoms with Crippen molar-refractivity contribution in [1.82, 2.24) is 19.5 Å². The number of aromatic nitrogens is 4. The predicted molar refractivity (Wildman–Crippen MR) is 164 cm³/mol. The van der Waals surface area contributed by atoms with Crippen LogP contribution in [0.3, 0.4) is 0 Å². The Balaban J connectivity index is 1.83. The molecule has 0 atom stereocenters. The fourth-order valence-corrected chi connectivity index (χ4v) is 6.40. The van der Waals surface area contributed by atoms with Crippen molar-refractivity contribution >= 4 is 37.2 Å². The molecule has 5 aromatic rings. The summed E-state index contributed by atoms with van der Waals surface area (Å²) in [4.78, 5) is 13.8. The second kappa shape index (κ2) is 10.3. The van der Waals surface area contributed by atoms with Gasteiger partial charge in [-0.25, -0.2) is 15.0 Å². The molecule has 2 aromatic carbocycles. The van der Waals surface area contributed by atoms with E-state index in [0.717, 1.165) is 32.6 Å². The third-order valence-corrected chi connectivity index (χ3v) is 8.40. The van der Waals surface area contributed by atoms with E-state index in [2.05, 4.69) is 106 Å². The Bertz CT molecular complexity index is 1650. The first-order chi connectivity index (χ1) is 18.2. The molecular formula is C33H36N4S. The van der Waals surface area contributed by atoms with E-state index in [-0.39, 0.29) is 0 Å². The third kappa shape index (κ3) is 4.39. The van der Waals surface area contributed by atoms with Crippen LogP contribution in [0.1, 0.15) is 88.5 Å². The molecule has 5 rings (SSSR count). The molecule has 0 aliphatic heterocycles. The van der Waals surface area contributed by atoms with Crippen LogP contribution in [-0.4, -0.2) is 19.5 Å². The normalized spacial score (nSPS) is 12.5. The van der Waals surface area contributed by atoms with Crippen LogP contribution < -0.4 is 0 Å². The predicted octanol–water partition coefficient (Wildman–Crippen LogP) is 9.66. The topological polar surface area (TPSA) is 43.6 Å². The van der Waals surface area contributed by atoms with E-state index < -0.39 is 0 Å². The number of nitrogens with zero attached hydrogens (tertiary/aromatic N) is 4. The molecule has 0 saturated carbocycles. The van der Waals surface area contributed by atoms with Gasteiger partial charge in [-0.1, -0.05) is 60.3 Å². The molecule has 0 unspecified atom stereocenters. The van der Waals surface area contributed by atoms with Gasteiger partial charge in [-0.15, -0.1) is 11.3 Å². The summed E-state index contributed by atoms with van der Waals surface area (Å²) in [6, 6.07) is 9.30. The Morgan fingerprint density at radius 1 is 0.895 bits per heavy atom. The number of imidazole rings is 1. The molecule has 3 heterocycles. The number of benzene rings is 2. The van der Waals surface area contributed by atoms with E-state index in [1.54, 1.807) is 17.7 Å². The van der Waals surface area contributed by atoms with E-state index in [1.165, 1.54) is 32.6 Å². The highest BCUT2D eigenvalue weighted by Crippen LogP contribution is 2.41. The molecular weight excluding hydrogens is 484 g/mol. The Hall–Kier alpha value is -3.57. The van der Waals surface area contributed by atoms with E-state index in [9.17, 15) is 0 Å². The SMILES string of the molecule is C=C/C(=C\C)c1cc(C(C)C)c(-n2ccnc2-c2cc3c(cc2C(C)C)sc2cncnc23)c(C(C)C)c1. The number of hydrogen-bond donors (Lipinski definition) is 0. The lowest BCUT2D eigenvalue weighted by Gasteiger charge is -2.24. The van der Waals surface area contributed by atoms with E-state index in [0.29, 0.717) is 17.8 Å². The van der Waals surface area contributed by atoms with Crippen LogP contribution in [0.4, 0.5) is 0 Å². The van der Waals surface area contributed by atoms with Crippen LogP contribution in [0.25, 0.3) is 43.0 Å². The van der Waals surface area contributed by atoms with E-state index in [1.807, 2.05) is 18.5 Å². The Kier molecular flexibility index (Phi) is 7.06. The van der Waals surface area contributed by atoms with Gasteiger partial charge in [0.1, 0.15) is 12.2 Å². The Labute approximate surface area is 229 Å². The molecule has 0 fully saturated rings. The number of rotatable bonds is 7. The molecule has 38 heavy (non-hydrogen) atoms. The van der Waals surface area contributed by atoms with Gasteiger partial charge in [-0.3, -0.25) is 4.57 Å². The van der Waals surface area contributed by atoms with Gasteiger partial charge in [0.05, 0.1) is 15.9 Å². The molecule has 0 aliphatic rings. The second-order valence-corrected chi connectivity index (χ2v) is 11.9. The van der Waals surface area contributed by atoms with Crippen molar-refractivity contribution in [1.29, 1.82) is 0 Å². The molecule has 4 nitrogen and oxygen atoms in total. The summed E-state index contributed by atoms with van der Waals surface area (Å²) in [6.07, 6.45) is 11.7. The number of allylic oxidation sites excluding steroid dienone is 3. The summed E-state index contributed by atoms with van der Waals surface area (Å²) >= 11 is 1.76. The highest BCUT2D eigenvalue weighted by atomic mass is 32.1. The Morgan fingerprint density at radius 2 is 1.58 bits per heavy atom. The van der Waals surface area contributed by atoms with E-state index >= 15 is 0 Å². The molecule has 0 aliphatic carbocycles. The van der Waals surface area contributed by atoms with Crippen molar-refractivity contribution in [2.75, 3.05) is 0 Å². The molecule has 0 N–H and O–H groups in total. The second-order valence-electron chi connectivity index (χ2n) is 10.8. The summed E-state index contributed by atoms with van der Waals surface area (Å²) in [5, 5.41) is 1.16. The van der Waals surface area contributed by atoms with Gasteiger partial charge in [-0.2, -0.15) is 0 Å². The maximum Gasteiger partial charge on any atom is 0.144 e. The van der Waals surface area contributed by atoms with Crippen molar-refractivity contribution in [2.45, 2.75) is 66.2 Å². The quantitative estimate of drug-likeness (QED) is 0.201. The lowest BCUT2D eigenvalue weighted by Crippen LogP contribution is -2.10. The molecule has 0 amide bonds. The summed E-state index contributed by atoms with van der Waals surface area (Å²) in [5.74, 6) is 1.99. The number of hydrogen-bond acceptors (Lipinski definition) is 4. The fourth-order valence-electron chi connectivity index (χ4n) is 5.34. The number of fused-ring (bicyclic) bond motifs is 3. The van der Waals surface area contributed by atoms with Gasteiger partial charge in [0.2, 0.25) is 0 Å². The first-order valence-corrected chi connectivity index (χ1v) is 14.2. The molecule has 5 heteroatoms. The van der Waals surface area contributed by atoms with Gasteiger partial charge >= 0.3 is 0 Å². The molecule has 3 aromatic heterocycles. The third-order valence-electron chi connectivity index (χ3n) is 7.33. The highest BCUT2D eigenvalue weighted by Gasteiger charge is 2.23. The maximum absolute atomic E-state index is 4.97. The van der Waals surface area contributed by atoms with Crippen LogP contribution in [0.2, 0.25) is 0 Å². The highest BCUT2D eigenvalue weighted by molar-refractivity contribution is 7.25. The van der Waals surface area contributed by atoms with Crippen LogP contribution in [0.15, 0.2) is 67.9 Å². The number of thiophene rings is 1. The summed E-state index contributed by atoms with van der Waals surface area (Å²) in [5.41, 5.74) is 9.69.